The molecule has 0 saturated heterocycles. The Morgan fingerprint density at radius 3 is 2.78 bits per heavy atom. The summed E-state index contributed by atoms with van der Waals surface area (Å²) in [6, 6.07) is 0. The molecule has 52 valence electrons. The van der Waals surface area contributed by atoms with Crippen molar-refractivity contribution in [2.24, 2.45) is 0 Å². The minimum atomic E-state index is 0.980. The van der Waals surface area contributed by atoms with Crippen LogP contribution in [0.4, 0.5) is 0 Å². The summed E-state index contributed by atoms with van der Waals surface area (Å²) in [5.74, 6) is 0. The lowest BCUT2D eigenvalue weighted by Gasteiger charge is -2.14. The van der Waals surface area contributed by atoms with E-state index < -0.39 is 0 Å². The van der Waals surface area contributed by atoms with Crippen LogP contribution in [0, 0.1) is 0 Å². The molecule has 9 heavy (non-hydrogen) atoms. The molecule has 0 atom stereocenters. The molecule has 0 aromatic heterocycles. The van der Waals surface area contributed by atoms with E-state index in [1.807, 2.05) is 10.1 Å². The van der Waals surface area contributed by atoms with Crippen molar-refractivity contribution in [3.63, 3.8) is 0 Å². The highest BCUT2D eigenvalue weighted by molar-refractivity contribution is 9.07. The lowest BCUT2D eigenvalue weighted by atomic mass is 10.4. The van der Waals surface area contributed by atoms with Gasteiger partial charge in [-0.25, -0.2) is 0 Å². The summed E-state index contributed by atoms with van der Waals surface area (Å²) >= 11 is 3.35. The Labute approximate surface area is 64.5 Å². The molecule has 2 nitrogen and oxygen atoms in total. The van der Waals surface area contributed by atoms with Gasteiger partial charge in [0.15, 0.2) is 0 Å². The van der Waals surface area contributed by atoms with Crippen LogP contribution in [0.2, 0.25) is 0 Å². The van der Waals surface area contributed by atoms with Crippen LogP contribution in [-0.2, 0) is 0 Å². The fraction of sp³-hybridized carbons (Fsp3) is 0.667. The third-order valence-electron chi connectivity index (χ3n) is 1.27. The highest BCUT2D eigenvalue weighted by atomic mass is 79.9. The molecule has 0 saturated carbocycles. The molecule has 1 heterocycles. The molecule has 0 N–H and O–H groups in total. The Morgan fingerprint density at radius 2 is 2.33 bits per heavy atom. The van der Waals surface area contributed by atoms with E-state index in [2.05, 4.69) is 34.2 Å². The maximum absolute atomic E-state index is 3.35. The average molecular weight is 191 g/mol. The van der Waals surface area contributed by atoms with Crippen LogP contribution in [0.3, 0.4) is 0 Å². The smallest absolute Gasteiger partial charge is 0.100 e. The van der Waals surface area contributed by atoms with E-state index in [9.17, 15) is 0 Å². The van der Waals surface area contributed by atoms with Crippen molar-refractivity contribution < 1.29 is 0 Å². The number of hydrogen-bond acceptors (Lipinski definition) is 2. The van der Waals surface area contributed by atoms with Crippen molar-refractivity contribution in [3.8, 4) is 0 Å². The van der Waals surface area contributed by atoms with Crippen molar-refractivity contribution in [2.75, 3.05) is 13.2 Å². The minimum absolute atomic E-state index is 0.980. The van der Waals surface area contributed by atoms with Gasteiger partial charge in [-0.15, -0.1) is 0 Å². The Morgan fingerprint density at radius 1 is 1.56 bits per heavy atom. The van der Waals surface area contributed by atoms with Crippen LogP contribution in [-0.4, -0.2) is 22.0 Å². The van der Waals surface area contributed by atoms with Crippen molar-refractivity contribution in [1.29, 1.82) is 0 Å². The Kier molecular flexibility index (Phi) is 2.39. The molecule has 3 heteroatoms. The lowest BCUT2D eigenvalue weighted by Crippen LogP contribution is -2.19. The third-order valence-corrected chi connectivity index (χ3v) is 1.73. The van der Waals surface area contributed by atoms with Gasteiger partial charge in [-0.2, -0.15) is 0 Å². The minimum Gasteiger partial charge on any atom is -0.358 e. The fourth-order valence-electron chi connectivity index (χ4n) is 0.867. The van der Waals surface area contributed by atoms with E-state index in [0.29, 0.717) is 0 Å². The second-order valence-electron chi connectivity index (χ2n) is 2.15. The Hall–Kier alpha value is -0.180. The molecule has 0 spiro atoms. The van der Waals surface area contributed by atoms with E-state index >= 15 is 0 Å². The zero-order valence-corrected chi connectivity index (χ0v) is 7.13. The molecule has 0 amide bonds. The highest BCUT2D eigenvalue weighted by Gasteiger charge is 2.06. The second-order valence-corrected chi connectivity index (χ2v) is 3.06. The zero-order valence-electron chi connectivity index (χ0n) is 5.55. The molecule has 0 aliphatic carbocycles. The zero-order chi connectivity index (χ0) is 6.69. The van der Waals surface area contributed by atoms with Gasteiger partial charge >= 0.3 is 0 Å². The van der Waals surface area contributed by atoms with Crippen LogP contribution in [0.5, 0.6) is 0 Å². The van der Waals surface area contributed by atoms with Gasteiger partial charge in [0.25, 0.3) is 0 Å². The number of nitrogens with zero attached hydrogens (tertiary/aromatic N) is 2. The molecule has 0 fully saturated rings. The van der Waals surface area contributed by atoms with Crippen LogP contribution in [0.25, 0.3) is 0 Å². The van der Waals surface area contributed by atoms with E-state index in [4.69, 9.17) is 0 Å². The Bertz CT molecular complexity index is 114. The van der Waals surface area contributed by atoms with E-state index in [-0.39, 0.29) is 0 Å². The Balaban J connectivity index is 2.24. The monoisotopic (exact) mass is 190 g/mol. The van der Waals surface area contributed by atoms with Gasteiger partial charge in [-0.1, -0.05) is 6.92 Å². The van der Waals surface area contributed by atoms with E-state index in [0.717, 1.165) is 13.2 Å². The number of rotatable bonds is 2. The third kappa shape index (κ3) is 1.90. The summed E-state index contributed by atoms with van der Waals surface area (Å²) in [7, 11) is 0. The molecule has 1 rings (SSSR count). The van der Waals surface area contributed by atoms with Crippen LogP contribution in [0.15, 0.2) is 12.4 Å². The SMILES string of the molecule is CCCN1C=CN(Br)C1. The molecule has 1 aliphatic heterocycles. The predicted molar refractivity (Wildman–Crippen MR) is 41.8 cm³/mol. The van der Waals surface area contributed by atoms with Crippen LogP contribution < -0.4 is 0 Å². The van der Waals surface area contributed by atoms with Gasteiger partial charge in [0, 0.05) is 18.9 Å². The summed E-state index contributed by atoms with van der Waals surface area (Å²) in [5.41, 5.74) is 0. The first-order chi connectivity index (χ1) is 4.33. The standard InChI is InChI=1S/C6H11BrN2/c1-2-3-8-4-5-9(7)6-8/h4-5H,2-3,6H2,1H3. The fourth-order valence-corrected chi connectivity index (χ4v) is 1.26. The van der Waals surface area contributed by atoms with E-state index in [1.165, 1.54) is 6.42 Å². The van der Waals surface area contributed by atoms with Crippen molar-refractivity contribution in [1.82, 2.24) is 8.83 Å². The molecule has 0 aromatic carbocycles. The molecular weight excluding hydrogens is 180 g/mol. The highest BCUT2D eigenvalue weighted by Crippen LogP contribution is 2.09. The summed E-state index contributed by atoms with van der Waals surface area (Å²) in [6.07, 6.45) is 5.33. The normalized spacial score (nSPS) is 17.6. The first-order valence-electron chi connectivity index (χ1n) is 3.17. The summed E-state index contributed by atoms with van der Waals surface area (Å²) in [4.78, 5) is 2.26. The van der Waals surface area contributed by atoms with Gasteiger partial charge < -0.3 is 4.90 Å². The second kappa shape index (κ2) is 3.11. The summed E-state index contributed by atoms with van der Waals surface area (Å²) < 4.78 is 1.99. The topological polar surface area (TPSA) is 6.48 Å². The van der Waals surface area contributed by atoms with Gasteiger partial charge in [0.1, 0.15) is 6.67 Å². The summed E-state index contributed by atoms with van der Waals surface area (Å²) in [5, 5.41) is 0. The lowest BCUT2D eigenvalue weighted by molar-refractivity contribution is 0.351. The molecule has 0 bridgehead atoms. The van der Waals surface area contributed by atoms with Crippen molar-refractivity contribution >= 4 is 16.1 Å². The van der Waals surface area contributed by atoms with Gasteiger partial charge in [-0.05, 0) is 6.42 Å². The molecule has 1 aliphatic rings. The first kappa shape index (κ1) is 6.93. The molecular formula is C6H11BrN2. The van der Waals surface area contributed by atoms with Gasteiger partial charge in [-0.3, -0.25) is 3.93 Å². The maximum Gasteiger partial charge on any atom is 0.100 e. The molecule has 0 unspecified atom stereocenters. The largest absolute Gasteiger partial charge is 0.358 e. The maximum atomic E-state index is 3.35. The van der Waals surface area contributed by atoms with Crippen LogP contribution >= 0.6 is 16.1 Å². The van der Waals surface area contributed by atoms with E-state index in [1.54, 1.807) is 0 Å². The predicted octanol–water partition coefficient (Wildman–Crippen LogP) is 1.75. The van der Waals surface area contributed by atoms with Crippen molar-refractivity contribution in [3.05, 3.63) is 12.4 Å². The molecule has 0 radical (unpaired) electrons. The van der Waals surface area contributed by atoms with Gasteiger partial charge in [0.05, 0.1) is 16.1 Å². The van der Waals surface area contributed by atoms with Crippen molar-refractivity contribution in [2.45, 2.75) is 13.3 Å². The number of hydrogen-bond donors (Lipinski definition) is 0. The quantitative estimate of drug-likeness (QED) is 0.613. The van der Waals surface area contributed by atoms with Gasteiger partial charge in [0.2, 0.25) is 0 Å². The first-order valence-corrected chi connectivity index (χ1v) is 3.88. The molecule has 0 aromatic rings. The van der Waals surface area contributed by atoms with Crippen LogP contribution in [0.1, 0.15) is 13.3 Å². The number of halogens is 1. The average Bonchev–Trinajstić information content (AvgIpc) is 2.17. The summed E-state index contributed by atoms with van der Waals surface area (Å²) in [6.45, 7) is 4.32.